The maximum Gasteiger partial charge on any atom is 0.191 e. The predicted molar refractivity (Wildman–Crippen MR) is 93.6 cm³/mol. The number of aliphatic imine (C=N–C) groups is 1. The second kappa shape index (κ2) is 7.79. The maximum atomic E-state index is 11.6. The molecule has 0 aromatic heterocycles. The molecule has 0 amide bonds. The van der Waals surface area contributed by atoms with Crippen LogP contribution in [0.4, 0.5) is 0 Å². The lowest BCUT2D eigenvalue weighted by Crippen LogP contribution is -2.45. The van der Waals surface area contributed by atoms with Crippen LogP contribution >= 0.6 is 0 Å². The van der Waals surface area contributed by atoms with Gasteiger partial charge in [-0.3, -0.25) is 4.99 Å². The van der Waals surface area contributed by atoms with Gasteiger partial charge in [-0.15, -0.1) is 0 Å². The quantitative estimate of drug-likeness (QED) is 0.605. The fourth-order valence-corrected chi connectivity index (χ4v) is 2.97. The summed E-state index contributed by atoms with van der Waals surface area (Å²) in [6, 6.07) is 5.32. The number of nitrogens with zero attached hydrogens (tertiary/aromatic N) is 1. The predicted octanol–water partition coefficient (Wildman–Crippen LogP) is 1.49. The molecular weight excluding hydrogens is 314 g/mol. The van der Waals surface area contributed by atoms with Crippen LogP contribution in [0, 0.1) is 6.92 Å². The van der Waals surface area contributed by atoms with Gasteiger partial charge in [-0.2, -0.15) is 0 Å². The zero-order chi connectivity index (χ0) is 17.7. The normalized spacial score (nSPS) is 13.0. The van der Waals surface area contributed by atoms with Crippen LogP contribution in [0.5, 0.6) is 0 Å². The highest BCUT2D eigenvalue weighted by molar-refractivity contribution is 7.90. The minimum absolute atomic E-state index is 0.286. The highest BCUT2D eigenvalue weighted by atomic mass is 32.2. The first kappa shape index (κ1) is 19.4. The number of hydrogen-bond donors (Lipinski definition) is 2. The Labute approximate surface area is 139 Å². The first-order valence-corrected chi connectivity index (χ1v) is 9.27. The van der Waals surface area contributed by atoms with Gasteiger partial charge >= 0.3 is 0 Å². The van der Waals surface area contributed by atoms with Crippen LogP contribution in [0.1, 0.15) is 25.0 Å². The van der Waals surface area contributed by atoms with Crippen molar-refractivity contribution in [2.24, 2.45) is 4.99 Å². The summed E-state index contributed by atoms with van der Waals surface area (Å²) < 4.78 is 28.6. The summed E-state index contributed by atoms with van der Waals surface area (Å²) in [6.07, 6.45) is 1.22. The average molecular weight is 341 g/mol. The van der Waals surface area contributed by atoms with E-state index in [1.807, 2.05) is 26.0 Å². The molecule has 130 valence electrons. The second-order valence-electron chi connectivity index (χ2n) is 6.12. The molecule has 1 rings (SSSR count). The van der Waals surface area contributed by atoms with Crippen molar-refractivity contribution in [1.82, 2.24) is 10.6 Å². The Morgan fingerprint density at radius 1 is 1.30 bits per heavy atom. The van der Waals surface area contributed by atoms with Crippen molar-refractivity contribution >= 4 is 15.8 Å². The first-order chi connectivity index (χ1) is 10.6. The highest BCUT2D eigenvalue weighted by Crippen LogP contribution is 2.16. The van der Waals surface area contributed by atoms with Crippen molar-refractivity contribution in [3.8, 4) is 0 Å². The summed E-state index contributed by atoms with van der Waals surface area (Å²) in [4.78, 5) is 4.53. The lowest BCUT2D eigenvalue weighted by atomic mass is 10.1. The standard InChI is InChI=1S/C16H27N3O3S/c1-12-9-13(7-8-14(12)23(6,20)21)10-18-15(17-4)19-11-16(2,3)22-5/h7-9H,10-11H2,1-6H3,(H2,17,18,19). The third-order valence-electron chi connectivity index (χ3n) is 3.56. The van der Waals surface area contributed by atoms with Crippen molar-refractivity contribution in [3.05, 3.63) is 29.3 Å². The molecule has 7 heteroatoms. The second-order valence-corrected chi connectivity index (χ2v) is 8.10. The molecule has 0 bridgehead atoms. The Kier molecular flexibility index (Phi) is 6.58. The minimum atomic E-state index is -3.18. The molecule has 1 aromatic carbocycles. The maximum absolute atomic E-state index is 11.6. The van der Waals surface area contributed by atoms with Gasteiger partial charge in [-0.1, -0.05) is 12.1 Å². The molecule has 0 spiro atoms. The van der Waals surface area contributed by atoms with Gasteiger partial charge in [-0.25, -0.2) is 8.42 Å². The molecule has 6 nitrogen and oxygen atoms in total. The van der Waals surface area contributed by atoms with Gasteiger partial charge in [0.25, 0.3) is 0 Å². The van der Waals surface area contributed by atoms with E-state index in [-0.39, 0.29) is 5.60 Å². The summed E-state index contributed by atoms with van der Waals surface area (Å²) in [5, 5.41) is 6.40. The summed E-state index contributed by atoms with van der Waals surface area (Å²) in [6.45, 7) is 6.95. The van der Waals surface area contributed by atoms with E-state index in [2.05, 4.69) is 15.6 Å². The number of sulfone groups is 1. The molecule has 1 aromatic rings. The van der Waals surface area contributed by atoms with Gasteiger partial charge in [0.2, 0.25) is 0 Å². The Hall–Kier alpha value is -1.60. The number of ether oxygens (including phenoxy) is 1. The van der Waals surface area contributed by atoms with Crippen molar-refractivity contribution in [3.63, 3.8) is 0 Å². The van der Waals surface area contributed by atoms with E-state index >= 15 is 0 Å². The average Bonchev–Trinajstić information content (AvgIpc) is 2.46. The molecule has 0 atom stereocenters. The van der Waals surface area contributed by atoms with E-state index in [9.17, 15) is 8.42 Å². The first-order valence-electron chi connectivity index (χ1n) is 7.38. The number of nitrogens with one attached hydrogen (secondary N) is 2. The summed E-state index contributed by atoms with van der Waals surface area (Å²) >= 11 is 0. The molecule has 23 heavy (non-hydrogen) atoms. The molecule has 0 aliphatic heterocycles. The SMILES string of the molecule is CN=C(NCc1ccc(S(C)(=O)=O)c(C)c1)NCC(C)(C)OC. The molecule has 0 heterocycles. The Bertz CT molecular complexity index is 667. The van der Waals surface area contributed by atoms with Crippen molar-refractivity contribution in [2.75, 3.05) is 27.0 Å². The van der Waals surface area contributed by atoms with E-state index in [4.69, 9.17) is 4.74 Å². The number of benzene rings is 1. The van der Waals surface area contributed by atoms with Crippen LogP contribution in [0.15, 0.2) is 28.1 Å². The molecule has 0 aliphatic rings. The minimum Gasteiger partial charge on any atom is -0.377 e. The van der Waals surface area contributed by atoms with Gasteiger partial charge in [0, 0.05) is 33.5 Å². The van der Waals surface area contributed by atoms with Crippen LogP contribution in [0.3, 0.4) is 0 Å². The van der Waals surface area contributed by atoms with Gasteiger partial charge in [-0.05, 0) is 38.0 Å². The Morgan fingerprint density at radius 3 is 2.43 bits per heavy atom. The lowest BCUT2D eigenvalue weighted by Gasteiger charge is -2.24. The van der Waals surface area contributed by atoms with Gasteiger partial charge in [0.15, 0.2) is 15.8 Å². The van der Waals surface area contributed by atoms with Gasteiger partial charge < -0.3 is 15.4 Å². The molecule has 0 fully saturated rings. The van der Waals surface area contributed by atoms with Crippen molar-refractivity contribution < 1.29 is 13.2 Å². The third-order valence-corrected chi connectivity index (χ3v) is 4.81. The Balaban J connectivity index is 2.68. The molecule has 0 aliphatic carbocycles. The fourth-order valence-electron chi connectivity index (χ4n) is 2.01. The van der Waals surface area contributed by atoms with E-state index in [0.29, 0.717) is 23.9 Å². The third kappa shape index (κ3) is 6.19. The van der Waals surface area contributed by atoms with Crippen LogP contribution in [-0.4, -0.2) is 46.9 Å². The zero-order valence-electron chi connectivity index (χ0n) is 14.7. The van der Waals surface area contributed by atoms with Crippen LogP contribution < -0.4 is 10.6 Å². The largest absolute Gasteiger partial charge is 0.377 e. The number of aryl methyl sites for hydroxylation is 1. The zero-order valence-corrected chi connectivity index (χ0v) is 15.5. The Morgan fingerprint density at radius 2 is 1.96 bits per heavy atom. The summed E-state index contributed by atoms with van der Waals surface area (Å²) in [7, 11) is 0.188. The monoisotopic (exact) mass is 341 g/mol. The molecule has 0 saturated carbocycles. The smallest absolute Gasteiger partial charge is 0.191 e. The van der Waals surface area contributed by atoms with Crippen LogP contribution in [-0.2, 0) is 21.1 Å². The topological polar surface area (TPSA) is 79.8 Å². The molecule has 0 radical (unpaired) electrons. The van der Waals surface area contributed by atoms with E-state index < -0.39 is 9.84 Å². The van der Waals surface area contributed by atoms with Gasteiger partial charge in [0.1, 0.15) is 0 Å². The van der Waals surface area contributed by atoms with Crippen molar-refractivity contribution in [1.29, 1.82) is 0 Å². The number of hydrogen-bond acceptors (Lipinski definition) is 4. The lowest BCUT2D eigenvalue weighted by molar-refractivity contribution is 0.0268. The number of guanidine groups is 1. The number of rotatable bonds is 6. The highest BCUT2D eigenvalue weighted by Gasteiger charge is 2.16. The molecule has 0 saturated heterocycles. The molecular formula is C16H27N3O3S. The van der Waals surface area contributed by atoms with E-state index in [1.165, 1.54) is 6.26 Å². The molecule has 2 N–H and O–H groups in total. The summed E-state index contributed by atoms with van der Waals surface area (Å²) in [5.74, 6) is 0.667. The molecule has 0 unspecified atom stereocenters. The van der Waals surface area contributed by atoms with Crippen LogP contribution in [0.25, 0.3) is 0 Å². The van der Waals surface area contributed by atoms with E-state index in [0.717, 1.165) is 11.1 Å². The van der Waals surface area contributed by atoms with Crippen LogP contribution in [0.2, 0.25) is 0 Å². The van der Waals surface area contributed by atoms with Gasteiger partial charge in [0.05, 0.1) is 10.5 Å². The fraction of sp³-hybridized carbons (Fsp3) is 0.562. The van der Waals surface area contributed by atoms with E-state index in [1.54, 1.807) is 27.1 Å². The van der Waals surface area contributed by atoms with Crippen molar-refractivity contribution in [2.45, 2.75) is 37.8 Å². The number of methoxy groups -OCH3 is 1. The summed E-state index contributed by atoms with van der Waals surface area (Å²) in [5.41, 5.74) is 1.45.